The highest BCUT2D eigenvalue weighted by molar-refractivity contribution is 5.96. The van der Waals surface area contributed by atoms with Crippen molar-refractivity contribution in [2.45, 2.75) is 12.8 Å². The van der Waals surface area contributed by atoms with Crippen molar-refractivity contribution in [1.29, 1.82) is 0 Å². The van der Waals surface area contributed by atoms with Gasteiger partial charge in [0.15, 0.2) is 0 Å². The summed E-state index contributed by atoms with van der Waals surface area (Å²) in [5.41, 5.74) is 4.73. The zero-order valence-corrected chi connectivity index (χ0v) is 22.3. The predicted octanol–water partition coefficient (Wildman–Crippen LogP) is 4.55. The molecule has 1 aliphatic heterocycles. The summed E-state index contributed by atoms with van der Waals surface area (Å²) in [7, 11) is 3.26. The smallest absolute Gasteiger partial charge is 0.138 e. The van der Waals surface area contributed by atoms with Gasteiger partial charge in [-0.05, 0) is 54.3 Å². The lowest BCUT2D eigenvalue weighted by Gasteiger charge is -2.25. The van der Waals surface area contributed by atoms with Crippen LogP contribution < -0.4 is 4.74 Å². The fourth-order valence-corrected chi connectivity index (χ4v) is 4.56. The molecule has 0 amide bonds. The Labute approximate surface area is 223 Å². The molecule has 1 N–H and O–H groups in total. The Bertz CT molecular complexity index is 1180. The number of hydrogen-bond donors (Lipinski definition) is 1. The van der Waals surface area contributed by atoms with Crippen molar-refractivity contribution in [3.63, 3.8) is 0 Å². The first-order valence-corrected chi connectivity index (χ1v) is 13.1. The van der Waals surface area contributed by atoms with E-state index in [0.29, 0.717) is 45.4 Å². The maximum atomic E-state index is 14.0. The quantitative estimate of drug-likeness (QED) is 0.274. The molecule has 0 radical (unpaired) electrons. The van der Waals surface area contributed by atoms with Gasteiger partial charge in [-0.3, -0.25) is 4.90 Å². The van der Waals surface area contributed by atoms with Crippen LogP contribution in [0, 0.1) is 5.82 Å². The van der Waals surface area contributed by atoms with Crippen molar-refractivity contribution in [3.8, 4) is 16.9 Å². The van der Waals surface area contributed by atoms with Gasteiger partial charge >= 0.3 is 0 Å². The summed E-state index contributed by atoms with van der Waals surface area (Å²) in [5.74, 6) is 0.337. The summed E-state index contributed by atoms with van der Waals surface area (Å²) in [5, 5.41) is 0.953. The lowest BCUT2D eigenvalue weighted by molar-refractivity contribution is 0.00276. The van der Waals surface area contributed by atoms with Crippen LogP contribution in [-0.2, 0) is 18.9 Å². The first kappa shape index (κ1) is 28.2. The molecule has 1 aromatic carbocycles. The molecule has 0 unspecified atom stereocenters. The summed E-state index contributed by atoms with van der Waals surface area (Å²) >= 11 is 0. The number of halogens is 1. The minimum absolute atomic E-state index is 0.296. The number of nitrogens with zero attached hydrogens (tertiary/aromatic N) is 2. The largest absolute Gasteiger partial charge is 0.496 e. The molecule has 38 heavy (non-hydrogen) atoms. The number of pyridine rings is 1. The molecule has 0 atom stereocenters. The zero-order valence-electron chi connectivity index (χ0n) is 22.3. The van der Waals surface area contributed by atoms with Crippen LogP contribution in [-0.4, -0.2) is 95.0 Å². The molecule has 4 rings (SSSR count). The third-order valence-corrected chi connectivity index (χ3v) is 6.56. The Morgan fingerprint density at radius 2 is 1.68 bits per heavy atom. The van der Waals surface area contributed by atoms with Crippen LogP contribution in [0.2, 0.25) is 0 Å². The highest BCUT2D eigenvalue weighted by Gasteiger charge is 2.17. The number of benzene rings is 1. The number of H-pyrrole nitrogens is 1. The molecule has 206 valence electrons. The van der Waals surface area contributed by atoms with Gasteiger partial charge < -0.3 is 28.7 Å². The molecule has 3 heterocycles. The van der Waals surface area contributed by atoms with Gasteiger partial charge in [-0.25, -0.2) is 9.37 Å². The second kappa shape index (κ2) is 14.9. The fourth-order valence-electron chi connectivity index (χ4n) is 4.56. The lowest BCUT2D eigenvalue weighted by atomic mass is 10.0. The molecule has 1 aliphatic rings. The van der Waals surface area contributed by atoms with Gasteiger partial charge in [-0.15, -0.1) is 0 Å². The van der Waals surface area contributed by atoms with Crippen LogP contribution in [0.15, 0.2) is 42.6 Å². The summed E-state index contributed by atoms with van der Waals surface area (Å²) in [4.78, 5) is 10.4. The molecule has 8 nitrogen and oxygen atoms in total. The highest BCUT2D eigenvalue weighted by Crippen LogP contribution is 2.36. The minimum atomic E-state index is -0.296. The number of aromatic nitrogens is 2. The molecule has 0 fully saturated rings. The van der Waals surface area contributed by atoms with Gasteiger partial charge in [0, 0.05) is 56.2 Å². The molecule has 9 heteroatoms. The van der Waals surface area contributed by atoms with Gasteiger partial charge in [0.2, 0.25) is 0 Å². The van der Waals surface area contributed by atoms with Crippen LogP contribution in [0.25, 0.3) is 27.7 Å². The number of ether oxygens (including phenoxy) is 5. The predicted molar refractivity (Wildman–Crippen MR) is 146 cm³/mol. The van der Waals surface area contributed by atoms with Crippen LogP contribution in [0.5, 0.6) is 5.75 Å². The minimum Gasteiger partial charge on any atom is -0.496 e. The summed E-state index contributed by atoms with van der Waals surface area (Å²) < 4.78 is 41.0. The maximum Gasteiger partial charge on any atom is 0.138 e. The summed E-state index contributed by atoms with van der Waals surface area (Å²) in [6.45, 7) is 7.13. The number of nitrogens with one attached hydrogen (secondary N) is 1. The molecule has 0 aliphatic carbocycles. The van der Waals surface area contributed by atoms with Gasteiger partial charge in [-0.2, -0.15) is 0 Å². The average Bonchev–Trinajstić information content (AvgIpc) is 3.38. The monoisotopic (exact) mass is 527 g/mol. The summed E-state index contributed by atoms with van der Waals surface area (Å²) in [6.07, 6.45) is 5.96. The molecule has 0 saturated heterocycles. The number of rotatable bonds is 16. The van der Waals surface area contributed by atoms with Crippen LogP contribution >= 0.6 is 0 Å². The van der Waals surface area contributed by atoms with Gasteiger partial charge in [-0.1, -0.05) is 6.08 Å². The van der Waals surface area contributed by atoms with E-state index in [1.165, 1.54) is 17.7 Å². The Morgan fingerprint density at radius 3 is 2.39 bits per heavy atom. The van der Waals surface area contributed by atoms with E-state index in [4.69, 9.17) is 23.7 Å². The number of aromatic amines is 1. The van der Waals surface area contributed by atoms with Crippen molar-refractivity contribution >= 4 is 16.6 Å². The van der Waals surface area contributed by atoms with Crippen molar-refractivity contribution < 1.29 is 28.1 Å². The first-order chi connectivity index (χ1) is 18.7. The van der Waals surface area contributed by atoms with Gasteiger partial charge in [0.25, 0.3) is 0 Å². The second-order valence-electron chi connectivity index (χ2n) is 9.11. The van der Waals surface area contributed by atoms with E-state index in [0.717, 1.165) is 66.9 Å². The highest BCUT2D eigenvalue weighted by atomic mass is 19.1. The lowest BCUT2D eigenvalue weighted by Crippen LogP contribution is -2.30. The van der Waals surface area contributed by atoms with Gasteiger partial charge in [0.1, 0.15) is 17.2 Å². The zero-order chi connectivity index (χ0) is 26.6. The third-order valence-electron chi connectivity index (χ3n) is 6.56. The topological polar surface area (TPSA) is 78.1 Å². The van der Waals surface area contributed by atoms with Gasteiger partial charge in [0.05, 0.1) is 46.8 Å². The fraction of sp³-hybridized carbons (Fsp3) is 0.483. The Kier molecular flexibility index (Phi) is 11.1. The first-order valence-electron chi connectivity index (χ1n) is 13.1. The van der Waals surface area contributed by atoms with E-state index in [1.807, 2.05) is 6.07 Å². The van der Waals surface area contributed by atoms with Crippen molar-refractivity contribution in [3.05, 3.63) is 54.1 Å². The van der Waals surface area contributed by atoms with E-state index >= 15 is 0 Å². The van der Waals surface area contributed by atoms with Crippen LogP contribution in [0.3, 0.4) is 0 Å². The van der Waals surface area contributed by atoms with Crippen LogP contribution in [0.4, 0.5) is 4.39 Å². The van der Waals surface area contributed by atoms with Crippen molar-refractivity contribution in [1.82, 2.24) is 14.9 Å². The van der Waals surface area contributed by atoms with E-state index in [9.17, 15) is 4.39 Å². The third kappa shape index (κ3) is 7.85. The van der Waals surface area contributed by atoms with E-state index in [2.05, 4.69) is 27.0 Å². The van der Waals surface area contributed by atoms with Crippen molar-refractivity contribution in [2.75, 3.05) is 80.1 Å². The molecular formula is C29H38FN3O5. The summed E-state index contributed by atoms with van der Waals surface area (Å²) in [6, 6.07) is 8.60. The molecule has 0 spiro atoms. The number of fused-ring (bicyclic) bond motifs is 1. The van der Waals surface area contributed by atoms with E-state index in [-0.39, 0.29) is 5.82 Å². The Balaban J connectivity index is 1.22. The van der Waals surface area contributed by atoms with E-state index in [1.54, 1.807) is 26.5 Å². The molecule has 0 bridgehead atoms. The molecule has 0 saturated carbocycles. The molecular weight excluding hydrogens is 489 g/mol. The Hall–Kier alpha value is -2.82. The van der Waals surface area contributed by atoms with E-state index < -0.39 is 0 Å². The number of hydrogen-bond acceptors (Lipinski definition) is 7. The Morgan fingerprint density at radius 1 is 0.921 bits per heavy atom. The number of methoxy groups -OCH3 is 2. The molecule has 2 aromatic heterocycles. The maximum absolute atomic E-state index is 14.0. The SMILES string of the molecule is COCCOCCOCCOCCCN1CC=C(c2cc3c(-c4cc(F)ccc4OC)ccnc3[nH]2)CC1. The van der Waals surface area contributed by atoms with Crippen LogP contribution in [0.1, 0.15) is 18.5 Å². The normalized spacial score (nSPS) is 14.2. The molecule has 3 aromatic rings. The standard InChI is InChI=1S/C29H38FN3O5/c1-34-14-15-37-18-19-38-17-16-36-13-3-10-33-11-7-22(8-12-33)27-21-26-24(6-9-31-29(26)32-27)25-20-23(30)4-5-28(25)35-2/h4-7,9,20-21H,3,8,10-19H2,1-2H3,(H,31,32). The van der Waals surface area contributed by atoms with Crippen molar-refractivity contribution in [2.24, 2.45) is 0 Å². The second-order valence-corrected chi connectivity index (χ2v) is 9.11. The average molecular weight is 528 g/mol.